The molecule has 0 heterocycles. The van der Waals surface area contributed by atoms with Crippen molar-refractivity contribution in [3.05, 3.63) is 59.2 Å². The zero-order chi connectivity index (χ0) is 21.3. The first-order valence-electron chi connectivity index (χ1n) is 8.46. The molecule has 0 fully saturated rings. The maximum Gasteiger partial charge on any atom is 0.417 e. The number of alkyl halides is 3. The Morgan fingerprint density at radius 2 is 1.64 bits per heavy atom. The molecule has 0 amide bonds. The van der Waals surface area contributed by atoms with Crippen LogP contribution in [0, 0.1) is 0 Å². The van der Waals surface area contributed by atoms with Crippen molar-refractivity contribution < 1.29 is 26.7 Å². The van der Waals surface area contributed by atoms with Crippen LogP contribution in [0.3, 0.4) is 0 Å². The molecule has 0 aromatic heterocycles. The van der Waals surface area contributed by atoms with Crippen molar-refractivity contribution >= 4 is 15.7 Å². The molecule has 2 aromatic rings. The molecule has 0 saturated carbocycles. The van der Waals surface area contributed by atoms with Crippen molar-refractivity contribution in [1.82, 2.24) is 0 Å². The van der Waals surface area contributed by atoms with E-state index in [9.17, 15) is 26.7 Å². The molecule has 9 heteroatoms. The van der Waals surface area contributed by atoms with E-state index in [1.807, 2.05) is 12.1 Å². The summed E-state index contributed by atoms with van der Waals surface area (Å²) < 4.78 is 62.2. The van der Waals surface area contributed by atoms with E-state index in [-0.39, 0.29) is 17.6 Å². The van der Waals surface area contributed by atoms with Crippen LogP contribution in [0.1, 0.15) is 43.6 Å². The van der Waals surface area contributed by atoms with E-state index in [0.717, 1.165) is 11.6 Å². The topological polar surface area (TPSA) is 92.4 Å². The molecule has 5 nitrogen and oxygen atoms in total. The van der Waals surface area contributed by atoms with E-state index < -0.39 is 32.8 Å². The van der Waals surface area contributed by atoms with Gasteiger partial charge in [-0.1, -0.05) is 45.0 Å². The van der Waals surface area contributed by atoms with Crippen molar-refractivity contribution in [2.75, 3.05) is 11.9 Å². The summed E-state index contributed by atoms with van der Waals surface area (Å²) in [5, 5.41) is 17.8. The Bertz CT molecular complexity index is 934. The van der Waals surface area contributed by atoms with Gasteiger partial charge in [0.1, 0.15) is 0 Å². The second kappa shape index (κ2) is 7.73. The predicted molar refractivity (Wildman–Crippen MR) is 101 cm³/mol. The van der Waals surface area contributed by atoms with E-state index in [1.54, 1.807) is 12.1 Å². The first kappa shape index (κ1) is 22.2. The smallest absolute Gasteiger partial charge is 0.387 e. The average molecular weight is 416 g/mol. The molecule has 0 aliphatic rings. The van der Waals surface area contributed by atoms with Gasteiger partial charge in [-0.3, -0.25) is 0 Å². The quantitative estimate of drug-likeness (QED) is 0.691. The van der Waals surface area contributed by atoms with Gasteiger partial charge in [0.25, 0.3) is 0 Å². The molecule has 0 bridgehead atoms. The highest BCUT2D eigenvalue weighted by Gasteiger charge is 2.36. The molecule has 0 radical (unpaired) electrons. The second-order valence-electron chi connectivity index (χ2n) is 7.52. The minimum absolute atomic E-state index is 0.0186. The van der Waals surface area contributed by atoms with Crippen LogP contribution in [-0.2, 0) is 21.6 Å². The molecule has 2 aromatic carbocycles. The number of nitrogens with two attached hydrogens (primary N) is 1. The summed E-state index contributed by atoms with van der Waals surface area (Å²) in [5.41, 5.74) is 0.317. The molecule has 28 heavy (non-hydrogen) atoms. The Labute approximate surface area is 162 Å². The summed E-state index contributed by atoms with van der Waals surface area (Å²) in [6, 6.07) is 9.93. The van der Waals surface area contributed by atoms with E-state index in [4.69, 9.17) is 5.14 Å². The Morgan fingerprint density at radius 3 is 2.11 bits per heavy atom. The first-order chi connectivity index (χ1) is 12.7. The van der Waals surface area contributed by atoms with Gasteiger partial charge in [-0.05, 0) is 34.7 Å². The minimum Gasteiger partial charge on any atom is -0.387 e. The zero-order valence-electron chi connectivity index (χ0n) is 15.7. The lowest BCUT2D eigenvalue weighted by Gasteiger charge is -2.20. The fourth-order valence-corrected chi connectivity index (χ4v) is 3.39. The van der Waals surface area contributed by atoms with Crippen LogP contribution in [0.2, 0.25) is 0 Å². The molecule has 1 atom stereocenters. The van der Waals surface area contributed by atoms with Crippen molar-refractivity contribution in [2.24, 2.45) is 5.14 Å². The molecule has 154 valence electrons. The molecule has 2 rings (SSSR count). The van der Waals surface area contributed by atoms with Gasteiger partial charge in [0.15, 0.2) is 0 Å². The van der Waals surface area contributed by atoms with Gasteiger partial charge < -0.3 is 10.4 Å². The summed E-state index contributed by atoms with van der Waals surface area (Å²) in [4.78, 5) is -0.996. The molecular formula is C19H23F3N2O3S. The molecule has 4 N–H and O–H groups in total. The van der Waals surface area contributed by atoms with Gasteiger partial charge in [0, 0.05) is 12.2 Å². The third kappa shape index (κ3) is 5.46. The molecule has 0 aliphatic heterocycles. The highest BCUT2D eigenvalue weighted by atomic mass is 32.2. The lowest BCUT2D eigenvalue weighted by Crippen LogP contribution is -2.20. The fourth-order valence-electron chi connectivity index (χ4n) is 2.65. The summed E-state index contributed by atoms with van der Waals surface area (Å²) >= 11 is 0. The van der Waals surface area contributed by atoms with E-state index in [2.05, 4.69) is 26.1 Å². The van der Waals surface area contributed by atoms with E-state index in [0.29, 0.717) is 11.6 Å². The summed E-state index contributed by atoms with van der Waals surface area (Å²) in [5.74, 6) is 0. The highest BCUT2D eigenvalue weighted by Crippen LogP contribution is 2.35. The largest absolute Gasteiger partial charge is 0.417 e. The van der Waals surface area contributed by atoms with Gasteiger partial charge >= 0.3 is 6.18 Å². The van der Waals surface area contributed by atoms with Gasteiger partial charge in [-0.2, -0.15) is 13.2 Å². The van der Waals surface area contributed by atoms with Crippen molar-refractivity contribution in [3.63, 3.8) is 0 Å². The normalized spacial score (nSPS) is 14.0. The SMILES string of the molecule is CC(C)(C)c1ccc(C(O)CNc2ccc(S(N)(=O)=O)c(C(F)(F)F)c2)cc1. The second-order valence-corrected chi connectivity index (χ2v) is 9.05. The monoisotopic (exact) mass is 416 g/mol. The molecule has 0 aliphatic carbocycles. The molecule has 0 spiro atoms. The van der Waals surface area contributed by atoms with Gasteiger partial charge in [0.2, 0.25) is 10.0 Å². The number of anilines is 1. The number of primary sulfonamides is 1. The van der Waals surface area contributed by atoms with Crippen LogP contribution in [0.15, 0.2) is 47.4 Å². The maximum absolute atomic E-state index is 13.2. The first-order valence-corrected chi connectivity index (χ1v) is 10.0. The van der Waals surface area contributed by atoms with E-state index >= 15 is 0 Å². The summed E-state index contributed by atoms with van der Waals surface area (Å²) in [7, 11) is -4.52. The highest BCUT2D eigenvalue weighted by molar-refractivity contribution is 7.89. The van der Waals surface area contributed by atoms with Crippen LogP contribution in [0.25, 0.3) is 0 Å². The van der Waals surface area contributed by atoms with Crippen LogP contribution in [0.5, 0.6) is 0 Å². The van der Waals surface area contributed by atoms with Gasteiger partial charge in [-0.15, -0.1) is 0 Å². The third-order valence-corrected chi connectivity index (χ3v) is 5.22. The van der Waals surface area contributed by atoms with E-state index in [1.165, 1.54) is 6.07 Å². The van der Waals surface area contributed by atoms with Gasteiger partial charge in [0.05, 0.1) is 16.6 Å². The number of hydrogen-bond donors (Lipinski definition) is 3. The van der Waals surface area contributed by atoms with Crippen molar-refractivity contribution in [3.8, 4) is 0 Å². The Balaban J connectivity index is 2.18. The molecular weight excluding hydrogens is 393 g/mol. The van der Waals surface area contributed by atoms with Crippen molar-refractivity contribution in [2.45, 2.75) is 43.4 Å². The number of aliphatic hydroxyl groups excluding tert-OH is 1. The summed E-state index contributed by atoms with van der Waals surface area (Å²) in [6.45, 7) is 6.12. The molecule has 0 saturated heterocycles. The number of rotatable bonds is 5. The predicted octanol–water partition coefficient (Wildman–Crippen LogP) is 3.80. The summed E-state index contributed by atoms with van der Waals surface area (Å²) in [6.07, 6.45) is -5.85. The van der Waals surface area contributed by atoms with Crippen LogP contribution in [-0.4, -0.2) is 20.1 Å². The van der Waals surface area contributed by atoms with Crippen LogP contribution < -0.4 is 10.5 Å². The number of sulfonamides is 1. The number of nitrogens with one attached hydrogen (secondary N) is 1. The number of hydrogen-bond acceptors (Lipinski definition) is 4. The number of halogens is 3. The lowest BCUT2D eigenvalue weighted by molar-refractivity contribution is -0.139. The van der Waals surface area contributed by atoms with Crippen molar-refractivity contribution in [1.29, 1.82) is 0 Å². The lowest BCUT2D eigenvalue weighted by atomic mass is 9.86. The number of benzene rings is 2. The minimum atomic E-state index is -4.89. The average Bonchev–Trinajstić information content (AvgIpc) is 2.57. The standard InChI is InChI=1S/C19H23F3N2O3S/c1-18(2,3)13-6-4-12(5-7-13)16(25)11-24-14-8-9-17(28(23,26)27)15(10-14)19(20,21)22/h4-10,16,24-25H,11H2,1-3H3,(H2,23,26,27). The maximum atomic E-state index is 13.2. The third-order valence-electron chi connectivity index (χ3n) is 4.25. The Kier molecular flexibility index (Phi) is 6.13. The van der Waals surface area contributed by atoms with Gasteiger partial charge in [-0.25, -0.2) is 13.6 Å². The van der Waals surface area contributed by atoms with Crippen LogP contribution in [0.4, 0.5) is 18.9 Å². The van der Waals surface area contributed by atoms with Crippen LogP contribution >= 0.6 is 0 Å². The Morgan fingerprint density at radius 1 is 1.07 bits per heavy atom. The fraction of sp³-hybridized carbons (Fsp3) is 0.368. The Hall–Kier alpha value is -2.10. The zero-order valence-corrected chi connectivity index (χ0v) is 16.5. The molecule has 1 unspecified atom stereocenters. The number of aliphatic hydroxyl groups is 1.